The highest BCUT2D eigenvalue weighted by Crippen LogP contribution is 2.43. The van der Waals surface area contributed by atoms with Crippen molar-refractivity contribution < 1.29 is 18.0 Å². The maximum atomic E-state index is 13.6. The number of sulfone groups is 1. The SMILES string of the molecule is CS(=O)(=O)c1ccc(CN2CCC3(CCN(C[C@H]4CN(C(=O)C5CCC5)C[C@@H]4c4ccccc4)CC3)C2=O)cc1.Cl. The molecule has 2 aromatic carbocycles. The zero-order valence-corrected chi connectivity index (χ0v) is 25.5. The first-order chi connectivity index (χ1) is 19.2. The Hall–Kier alpha value is -2.42. The summed E-state index contributed by atoms with van der Waals surface area (Å²) >= 11 is 0. The van der Waals surface area contributed by atoms with Crippen LogP contribution < -0.4 is 0 Å². The predicted molar refractivity (Wildman–Crippen MR) is 162 cm³/mol. The van der Waals surface area contributed by atoms with Crippen molar-refractivity contribution in [3.05, 3.63) is 65.7 Å². The number of hydrogen-bond donors (Lipinski definition) is 0. The number of amides is 2. The van der Waals surface area contributed by atoms with Gasteiger partial charge in [0.25, 0.3) is 0 Å². The summed E-state index contributed by atoms with van der Waals surface area (Å²) in [6, 6.07) is 17.6. The molecule has 3 aliphatic heterocycles. The van der Waals surface area contributed by atoms with E-state index < -0.39 is 9.84 Å². The van der Waals surface area contributed by atoms with Gasteiger partial charge in [-0.15, -0.1) is 12.4 Å². The van der Waals surface area contributed by atoms with Gasteiger partial charge in [-0.2, -0.15) is 0 Å². The molecule has 0 radical (unpaired) electrons. The second-order valence-corrected chi connectivity index (χ2v) is 14.6. The van der Waals surface area contributed by atoms with Gasteiger partial charge in [0.1, 0.15) is 0 Å². The molecule has 0 N–H and O–H groups in total. The number of piperidine rings is 1. The van der Waals surface area contributed by atoms with Crippen LogP contribution in [-0.4, -0.2) is 80.5 Å². The van der Waals surface area contributed by atoms with E-state index >= 15 is 0 Å². The number of hydrogen-bond acceptors (Lipinski definition) is 5. The molecule has 3 saturated heterocycles. The third-order valence-corrected chi connectivity index (χ3v) is 11.2. The molecule has 9 heteroatoms. The minimum absolute atomic E-state index is 0. The Morgan fingerprint density at radius 1 is 0.927 bits per heavy atom. The summed E-state index contributed by atoms with van der Waals surface area (Å²) in [5, 5.41) is 0. The molecule has 6 rings (SSSR count). The van der Waals surface area contributed by atoms with Crippen molar-refractivity contribution in [1.82, 2.24) is 14.7 Å². The zero-order chi connectivity index (χ0) is 27.9. The number of carbonyl (C=O) groups excluding carboxylic acids is 2. The number of benzene rings is 2. The summed E-state index contributed by atoms with van der Waals surface area (Å²) in [6.07, 6.45) is 7.12. The number of halogens is 1. The molecule has 0 unspecified atom stereocenters. The Balaban J connectivity index is 0.00000337. The lowest BCUT2D eigenvalue weighted by Gasteiger charge is -2.39. The van der Waals surface area contributed by atoms with Gasteiger partial charge in [-0.05, 0) is 74.4 Å². The van der Waals surface area contributed by atoms with Crippen LogP contribution in [0.2, 0.25) is 0 Å². The van der Waals surface area contributed by atoms with Crippen LogP contribution in [0.25, 0.3) is 0 Å². The van der Waals surface area contributed by atoms with E-state index in [0.29, 0.717) is 29.2 Å². The van der Waals surface area contributed by atoms with E-state index in [-0.39, 0.29) is 29.6 Å². The quantitative estimate of drug-likeness (QED) is 0.472. The topological polar surface area (TPSA) is 78.0 Å². The summed E-state index contributed by atoms with van der Waals surface area (Å²) in [5.41, 5.74) is 2.02. The van der Waals surface area contributed by atoms with Crippen molar-refractivity contribution in [1.29, 1.82) is 0 Å². The summed E-state index contributed by atoms with van der Waals surface area (Å²) in [4.78, 5) is 33.6. The minimum Gasteiger partial charge on any atom is -0.341 e. The minimum atomic E-state index is -3.23. The largest absolute Gasteiger partial charge is 0.341 e. The van der Waals surface area contributed by atoms with Crippen molar-refractivity contribution in [3.8, 4) is 0 Å². The molecule has 1 aliphatic carbocycles. The maximum Gasteiger partial charge on any atom is 0.229 e. The van der Waals surface area contributed by atoms with Gasteiger partial charge in [-0.25, -0.2) is 8.42 Å². The number of nitrogens with zero attached hydrogens (tertiary/aromatic N) is 3. The molecule has 3 heterocycles. The van der Waals surface area contributed by atoms with Gasteiger partial charge >= 0.3 is 0 Å². The van der Waals surface area contributed by atoms with Crippen molar-refractivity contribution in [2.45, 2.75) is 55.9 Å². The Labute approximate surface area is 250 Å². The molecule has 2 aromatic rings. The van der Waals surface area contributed by atoms with Crippen LogP contribution in [0.1, 0.15) is 55.6 Å². The Morgan fingerprint density at radius 3 is 2.20 bits per heavy atom. The standard InChI is InChI=1S/C32H41N3O4S.ClH/c1-40(38,39)28-12-10-24(11-13-28)20-34-19-16-32(31(34)37)14-17-33(18-15-32)21-27-22-35(30(36)26-8-5-9-26)23-29(27)25-6-3-2-4-7-25;/h2-4,6-7,10-13,26-27,29H,5,8-9,14-23H2,1H3;1H/t27-,29+;/m0./s1. The zero-order valence-electron chi connectivity index (χ0n) is 23.9. The molecule has 7 nitrogen and oxygen atoms in total. The van der Waals surface area contributed by atoms with Crippen LogP contribution in [0.3, 0.4) is 0 Å². The monoisotopic (exact) mass is 599 g/mol. The summed E-state index contributed by atoms with van der Waals surface area (Å²) in [5.74, 6) is 1.61. The number of rotatable bonds is 7. The number of likely N-dealkylation sites (tertiary alicyclic amines) is 3. The first kappa shape index (κ1) is 30.1. The molecule has 2 atom stereocenters. The van der Waals surface area contributed by atoms with Crippen LogP contribution in [0.5, 0.6) is 0 Å². The third-order valence-electron chi connectivity index (χ3n) is 10.1. The Kier molecular flexibility index (Phi) is 8.84. The van der Waals surface area contributed by atoms with E-state index in [2.05, 4.69) is 40.1 Å². The van der Waals surface area contributed by atoms with Gasteiger partial charge in [-0.3, -0.25) is 9.59 Å². The molecule has 41 heavy (non-hydrogen) atoms. The average Bonchev–Trinajstić information content (AvgIpc) is 3.47. The fourth-order valence-electron chi connectivity index (χ4n) is 7.29. The van der Waals surface area contributed by atoms with E-state index in [1.165, 1.54) is 18.2 Å². The van der Waals surface area contributed by atoms with Crippen LogP contribution >= 0.6 is 12.4 Å². The fraction of sp³-hybridized carbons (Fsp3) is 0.562. The van der Waals surface area contributed by atoms with E-state index in [4.69, 9.17) is 0 Å². The van der Waals surface area contributed by atoms with Gasteiger partial charge in [0, 0.05) is 50.8 Å². The normalized spacial score (nSPS) is 24.9. The van der Waals surface area contributed by atoms with Crippen molar-refractivity contribution in [2.75, 3.05) is 45.5 Å². The second-order valence-electron chi connectivity index (χ2n) is 12.6. The molecule has 0 aromatic heterocycles. The van der Waals surface area contributed by atoms with Gasteiger partial charge in [0.2, 0.25) is 11.8 Å². The Bertz CT molecular complexity index is 1340. The van der Waals surface area contributed by atoms with Crippen LogP contribution in [0.4, 0.5) is 0 Å². The Morgan fingerprint density at radius 2 is 1.59 bits per heavy atom. The second kappa shape index (κ2) is 12.1. The van der Waals surface area contributed by atoms with Crippen LogP contribution in [-0.2, 0) is 26.0 Å². The van der Waals surface area contributed by atoms with E-state index in [1.54, 1.807) is 12.1 Å². The number of carbonyl (C=O) groups is 2. The first-order valence-corrected chi connectivity index (χ1v) is 16.8. The van der Waals surface area contributed by atoms with Gasteiger partial charge in [0.15, 0.2) is 9.84 Å². The highest BCUT2D eigenvalue weighted by molar-refractivity contribution is 7.90. The fourth-order valence-corrected chi connectivity index (χ4v) is 7.92. The van der Waals surface area contributed by atoms with E-state index in [1.807, 2.05) is 17.0 Å². The highest BCUT2D eigenvalue weighted by atomic mass is 35.5. The maximum absolute atomic E-state index is 13.6. The summed E-state index contributed by atoms with van der Waals surface area (Å²) < 4.78 is 23.5. The van der Waals surface area contributed by atoms with Gasteiger partial charge < -0.3 is 14.7 Å². The molecule has 0 bridgehead atoms. The van der Waals surface area contributed by atoms with Crippen LogP contribution in [0.15, 0.2) is 59.5 Å². The lowest BCUT2D eigenvalue weighted by molar-refractivity contribution is -0.139. The molecule has 1 spiro atoms. The van der Waals surface area contributed by atoms with Crippen LogP contribution in [0, 0.1) is 17.3 Å². The van der Waals surface area contributed by atoms with E-state index in [9.17, 15) is 18.0 Å². The van der Waals surface area contributed by atoms with Crippen molar-refractivity contribution in [2.24, 2.45) is 17.3 Å². The molecule has 4 aliphatic rings. The lowest BCUT2D eigenvalue weighted by Crippen LogP contribution is -2.46. The predicted octanol–water partition coefficient (Wildman–Crippen LogP) is 4.37. The molecule has 2 amide bonds. The third kappa shape index (κ3) is 6.20. The molecular weight excluding hydrogens is 558 g/mol. The first-order valence-electron chi connectivity index (χ1n) is 14.9. The summed E-state index contributed by atoms with van der Waals surface area (Å²) in [7, 11) is -3.23. The smallest absolute Gasteiger partial charge is 0.229 e. The molecular formula is C32H42ClN3O4S. The average molecular weight is 600 g/mol. The van der Waals surface area contributed by atoms with Crippen molar-refractivity contribution >= 4 is 34.1 Å². The van der Waals surface area contributed by atoms with Gasteiger partial charge in [0.05, 0.1) is 10.3 Å². The highest BCUT2D eigenvalue weighted by Gasteiger charge is 2.48. The molecule has 1 saturated carbocycles. The molecule has 222 valence electrons. The van der Waals surface area contributed by atoms with E-state index in [0.717, 1.165) is 76.9 Å². The van der Waals surface area contributed by atoms with Gasteiger partial charge in [-0.1, -0.05) is 48.9 Å². The van der Waals surface area contributed by atoms with Crippen molar-refractivity contribution in [3.63, 3.8) is 0 Å². The molecule has 4 fully saturated rings. The summed E-state index contributed by atoms with van der Waals surface area (Å²) in [6.45, 7) is 5.73. The lowest BCUT2D eigenvalue weighted by atomic mass is 9.76.